The molecule has 0 amide bonds. The molecule has 1 aromatic rings. The quantitative estimate of drug-likeness (QED) is 0.776. The first-order valence-electron chi connectivity index (χ1n) is 5.75. The van der Waals surface area contributed by atoms with Gasteiger partial charge in [0, 0.05) is 19.0 Å². The maximum atomic E-state index is 6.06. The zero-order chi connectivity index (χ0) is 11.3. The molecule has 1 heterocycles. The molecule has 0 radical (unpaired) electrons. The van der Waals surface area contributed by atoms with Crippen molar-refractivity contribution in [2.75, 3.05) is 0 Å². The molecule has 0 saturated heterocycles. The van der Waals surface area contributed by atoms with Crippen molar-refractivity contribution in [2.45, 2.75) is 52.6 Å². The molecule has 0 aromatic carbocycles. The van der Waals surface area contributed by atoms with Crippen molar-refractivity contribution in [3.63, 3.8) is 0 Å². The van der Waals surface area contributed by atoms with Crippen LogP contribution in [0.2, 0.25) is 0 Å². The summed E-state index contributed by atoms with van der Waals surface area (Å²) >= 11 is 0. The second-order valence-corrected chi connectivity index (χ2v) is 4.43. The highest BCUT2D eigenvalue weighted by Gasteiger charge is 2.09. The predicted octanol–water partition coefficient (Wildman–Crippen LogP) is 1.60. The van der Waals surface area contributed by atoms with Crippen molar-refractivity contribution in [2.24, 2.45) is 11.7 Å². The van der Waals surface area contributed by atoms with E-state index in [2.05, 4.69) is 30.9 Å². The molecule has 2 N–H and O–H groups in total. The van der Waals surface area contributed by atoms with Crippen LogP contribution in [0.4, 0.5) is 0 Å². The highest BCUT2D eigenvalue weighted by Crippen LogP contribution is 2.08. The molecule has 1 atom stereocenters. The van der Waals surface area contributed by atoms with E-state index >= 15 is 0 Å². The molecule has 86 valence electrons. The van der Waals surface area contributed by atoms with E-state index in [4.69, 9.17) is 5.73 Å². The van der Waals surface area contributed by atoms with E-state index in [0.717, 1.165) is 31.1 Å². The second kappa shape index (κ2) is 5.85. The highest BCUT2D eigenvalue weighted by atomic mass is 15.3. The molecule has 0 fully saturated rings. The highest BCUT2D eigenvalue weighted by molar-refractivity contribution is 4.88. The van der Waals surface area contributed by atoms with Crippen LogP contribution in [0.5, 0.6) is 0 Å². The molecule has 0 aliphatic carbocycles. The lowest BCUT2D eigenvalue weighted by Gasteiger charge is -2.12. The molecule has 0 aliphatic heterocycles. The molecule has 1 rings (SSSR count). The van der Waals surface area contributed by atoms with Crippen LogP contribution in [0.3, 0.4) is 0 Å². The molecular formula is C11H22N4. The Kier molecular flexibility index (Phi) is 4.75. The maximum Gasteiger partial charge on any atom is 0.138 e. The van der Waals surface area contributed by atoms with E-state index < -0.39 is 0 Å². The van der Waals surface area contributed by atoms with Crippen LogP contribution in [0.25, 0.3) is 0 Å². The van der Waals surface area contributed by atoms with Crippen LogP contribution in [-0.4, -0.2) is 20.8 Å². The Hall–Kier alpha value is -0.900. The molecule has 15 heavy (non-hydrogen) atoms. The monoisotopic (exact) mass is 210 g/mol. The summed E-state index contributed by atoms with van der Waals surface area (Å²) in [6.07, 6.45) is 4.68. The third-order valence-corrected chi connectivity index (χ3v) is 2.55. The normalized spacial score (nSPS) is 13.4. The van der Waals surface area contributed by atoms with Gasteiger partial charge in [-0.15, -0.1) is 0 Å². The topological polar surface area (TPSA) is 56.7 Å². The Morgan fingerprint density at radius 3 is 2.73 bits per heavy atom. The summed E-state index contributed by atoms with van der Waals surface area (Å²) in [6, 6.07) is 0.210. The molecule has 0 spiro atoms. The van der Waals surface area contributed by atoms with E-state index in [1.54, 1.807) is 6.33 Å². The van der Waals surface area contributed by atoms with Gasteiger partial charge in [0.15, 0.2) is 0 Å². The van der Waals surface area contributed by atoms with E-state index in [1.165, 1.54) is 6.42 Å². The van der Waals surface area contributed by atoms with Crippen LogP contribution < -0.4 is 5.73 Å². The Morgan fingerprint density at radius 2 is 2.13 bits per heavy atom. The van der Waals surface area contributed by atoms with Crippen LogP contribution >= 0.6 is 0 Å². The predicted molar refractivity (Wildman–Crippen MR) is 61.4 cm³/mol. The van der Waals surface area contributed by atoms with Crippen molar-refractivity contribution in [1.82, 2.24) is 14.8 Å². The molecule has 0 saturated carbocycles. The number of nitrogens with two attached hydrogens (primary N) is 1. The number of nitrogens with zero attached hydrogens (tertiary/aromatic N) is 3. The lowest BCUT2D eigenvalue weighted by molar-refractivity contribution is 0.479. The van der Waals surface area contributed by atoms with Gasteiger partial charge in [-0.1, -0.05) is 13.8 Å². The summed E-state index contributed by atoms with van der Waals surface area (Å²) in [5, 5.41) is 4.13. The summed E-state index contributed by atoms with van der Waals surface area (Å²) in [6.45, 7) is 7.38. The van der Waals surface area contributed by atoms with Gasteiger partial charge in [-0.3, -0.25) is 4.68 Å². The zero-order valence-electron chi connectivity index (χ0n) is 9.98. The third-order valence-electron chi connectivity index (χ3n) is 2.55. The summed E-state index contributed by atoms with van der Waals surface area (Å²) < 4.78 is 1.91. The largest absolute Gasteiger partial charge is 0.327 e. The Morgan fingerprint density at radius 1 is 1.40 bits per heavy atom. The van der Waals surface area contributed by atoms with Crippen LogP contribution in [0, 0.1) is 5.92 Å². The Labute approximate surface area is 91.9 Å². The van der Waals surface area contributed by atoms with Gasteiger partial charge in [0.25, 0.3) is 0 Å². The van der Waals surface area contributed by atoms with Gasteiger partial charge >= 0.3 is 0 Å². The van der Waals surface area contributed by atoms with Gasteiger partial charge in [-0.25, -0.2) is 4.98 Å². The first-order valence-corrected chi connectivity index (χ1v) is 5.75. The second-order valence-electron chi connectivity index (χ2n) is 4.43. The Balaban J connectivity index is 2.40. The van der Waals surface area contributed by atoms with E-state index in [-0.39, 0.29) is 6.04 Å². The molecule has 1 aromatic heterocycles. The first-order chi connectivity index (χ1) is 7.13. The third kappa shape index (κ3) is 4.00. The van der Waals surface area contributed by atoms with Crippen molar-refractivity contribution in [3.8, 4) is 0 Å². The average Bonchev–Trinajstić information content (AvgIpc) is 2.62. The lowest BCUT2D eigenvalue weighted by atomic mass is 10.0. The minimum Gasteiger partial charge on any atom is -0.327 e. The molecular weight excluding hydrogens is 188 g/mol. The van der Waals surface area contributed by atoms with Crippen molar-refractivity contribution in [1.29, 1.82) is 0 Å². The number of rotatable bonds is 6. The van der Waals surface area contributed by atoms with Crippen LogP contribution in [0.15, 0.2) is 6.33 Å². The number of aryl methyl sites for hydroxylation is 1. The minimum atomic E-state index is 0.210. The molecule has 0 aliphatic rings. The maximum absolute atomic E-state index is 6.06. The minimum absolute atomic E-state index is 0.210. The van der Waals surface area contributed by atoms with Crippen molar-refractivity contribution in [3.05, 3.63) is 12.2 Å². The summed E-state index contributed by atoms with van der Waals surface area (Å²) in [4.78, 5) is 4.23. The number of aromatic nitrogens is 3. The fraction of sp³-hybridized carbons (Fsp3) is 0.818. The summed E-state index contributed by atoms with van der Waals surface area (Å²) in [7, 11) is 0. The summed E-state index contributed by atoms with van der Waals surface area (Å²) in [5.74, 6) is 1.73. The van der Waals surface area contributed by atoms with Crippen molar-refractivity contribution >= 4 is 0 Å². The van der Waals surface area contributed by atoms with Crippen LogP contribution in [0.1, 0.15) is 39.4 Å². The van der Waals surface area contributed by atoms with Crippen molar-refractivity contribution < 1.29 is 0 Å². The van der Waals surface area contributed by atoms with E-state index in [0.29, 0.717) is 0 Å². The number of hydrogen-bond donors (Lipinski definition) is 1. The van der Waals surface area contributed by atoms with E-state index in [9.17, 15) is 0 Å². The van der Waals surface area contributed by atoms with Gasteiger partial charge in [0.1, 0.15) is 12.2 Å². The zero-order valence-corrected chi connectivity index (χ0v) is 9.98. The average molecular weight is 210 g/mol. The SMILES string of the molecule is CCn1ncnc1CC(N)CCC(C)C. The standard InChI is InChI=1S/C11H22N4/c1-4-15-11(13-8-14-15)7-10(12)6-5-9(2)3/h8-10H,4-7,12H2,1-3H3. The Bertz CT molecular complexity index is 280. The van der Waals surface area contributed by atoms with Gasteiger partial charge in [0.05, 0.1) is 0 Å². The van der Waals surface area contributed by atoms with Gasteiger partial charge in [-0.2, -0.15) is 5.10 Å². The summed E-state index contributed by atoms with van der Waals surface area (Å²) in [5.41, 5.74) is 6.06. The molecule has 4 nitrogen and oxygen atoms in total. The van der Waals surface area contributed by atoms with Gasteiger partial charge < -0.3 is 5.73 Å². The van der Waals surface area contributed by atoms with Crippen LogP contribution in [-0.2, 0) is 13.0 Å². The van der Waals surface area contributed by atoms with Gasteiger partial charge in [0.2, 0.25) is 0 Å². The molecule has 0 bridgehead atoms. The fourth-order valence-electron chi connectivity index (χ4n) is 1.59. The fourth-order valence-corrected chi connectivity index (χ4v) is 1.59. The lowest BCUT2D eigenvalue weighted by Crippen LogP contribution is -2.25. The molecule has 4 heteroatoms. The number of hydrogen-bond acceptors (Lipinski definition) is 3. The molecule has 1 unspecified atom stereocenters. The smallest absolute Gasteiger partial charge is 0.138 e. The first kappa shape index (κ1) is 12.2. The van der Waals surface area contributed by atoms with E-state index in [1.807, 2.05) is 4.68 Å². The van der Waals surface area contributed by atoms with Gasteiger partial charge in [-0.05, 0) is 25.7 Å².